The summed E-state index contributed by atoms with van der Waals surface area (Å²) in [6.45, 7) is 10.4. The van der Waals surface area contributed by atoms with E-state index >= 15 is 0 Å². The van der Waals surface area contributed by atoms with Crippen LogP contribution in [0.15, 0.2) is 6.07 Å². The molecule has 3 rings (SSSR count). The van der Waals surface area contributed by atoms with Gasteiger partial charge in [-0.1, -0.05) is 13.8 Å². The van der Waals surface area contributed by atoms with E-state index in [0.717, 1.165) is 40.4 Å². The Morgan fingerprint density at radius 2 is 1.95 bits per heavy atom. The highest BCUT2D eigenvalue weighted by molar-refractivity contribution is 5.99. The van der Waals surface area contributed by atoms with E-state index in [1.807, 2.05) is 19.9 Å². The predicted molar refractivity (Wildman–Crippen MR) is 78.6 cm³/mol. The van der Waals surface area contributed by atoms with Crippen LogP contribution in [0.1, 0.15) is 53.4 Å². The third kappa shape index (κ3) is 1.82. The molecule has 0 radical (unpaired) electrons. The number of carbonyl (C=O) groups is 1. The highest BCUT2D eigenvalue weighted by Gasteiger charge is 2.34. The van der Waals surface area contributed by atoms with Crippen LogP contribution in [-0.2, 0) is 6.42 Å². The number of Topliss-reactive ketones (excluding diaryl/α,β-unsaturated/α-hetero) is 1. The fourth-order valence-electron chi connectivity index (χ4n) is 3.34. The van der Waals surface area contributed by atoms with Gasteiger partial charge in [0.15, 0.2) is 5.78 Å². The number of rotatable bonds is 1. The van der Waals surface area contributed by atoms with E-state index in [1.165, 1.54) is 0 Å². The molecule has 4 heteroatoms. The molecule has 0 aliphatic heterocycles. The van der Waals surface area contributed by atoms with Gasteiger partial charge in [0.25, 0.3) is 0 Å². The van der Waals surface area contributed by atoms with Crippen LogP contribution in [0.4, 0.5) is 0 Å². The molecule has 2 aromatic rings. The summed E-state index contributed by atoms with van der Waals surface area (Å²) < 4.78 is 2.21. The zero-order valence-corrected chi connectivity index (χ0v) is 12.8. The molecule has 0 saturated carbocycles. The summed E-state index contributed by atoms with van der Waals surface area (Å²) in [6.07, 6.45) is 1.55. The smallest absolute Gasteiger partial charge is 0.165 e. The van der Waals surface area contributed by atoms with Gasteiger partial charge in [0.2, 0.25) is 0 Å². The van der Waals surface area contributed by atoms with Crippen LogP contribution in [0, 0.1) is 26.2 Å². The molecule has 0 aromatic carbocycles. The molecule has 1 N–H and O–H groups in total. The van der Waals surface area contributed by atoms with Crippen molar-refractivity contribution in [2.75, 3.05) is 0 Å². The molecular formula is C16H21N3O. The van der Waals surface area contributed by atoms with Gasteiger partial charge in [-0.15, -0.1) is 0 Å². The first-order chi connectivity index (χ1) is 9.30. The van der Waals surface area contributed by atoms with E-state index in [9.17, 15) is 4.79 Å². The number of ketones is 1. The fraction of sp³-hybridized carbons (Fsp3) is 0.500. The average molecular weight is 271 g/mol. The zero-order chi connectivity index (χ0) is 14.7. The summed E-state index contributed by atoms with van der Waals surface area (Å²) in [5.74, 6) is 0.261. The molecule has 0 bridgehead atoms. The maximum absolute atomic E-state index is 12.4. The van der Waals surface area contributed by atoms with Gasteiger partial charge >= 0.3 is 0 Å². The number of hydrogen-bond acceptors (Lipinski definition) is 2. The van der Waals surface area contributed by atoms with Crippen molar-refractivity contribution >= 4 is 5.78 Å². The Kier molecular flexibility index (Phi) is 2.68. The van der Waals surface area contributed by atoms with Gasteiger partial charge in [-0.25, -0.2) is 0 Å². The third-order valence-electron chi connectivity index (χ3n) is 4.19. The minimum Gasteiger partial charge on any atom is -0.314 e. The first kappa shape index (κ1) is 13.2. The molecule has 4 nitrogen and oxygen atoms in total. The number of hydrogen-bond donors (Lipinski definition) is 1. The normalized spacial score (nSPS) is 17.4. The van der Waals surface area contributed by atoms with E-state index in [1.54, 1.807) is 0 Å². The Bertz CT molecular complexity index is 684. The third-order valence-corrected chi connectivity index (χ3v) is 4.19. The lowest BCUT2D eigenvalue weighted by Gasteiger charge is -2.29. The molecule has 2 aromatic heterocycles. The van der Waals surface area contributed by atoms with E-state index in [0.29, 0.717) is 6.42 Å². The van der Waals surface area contributed by atoms with E-state index in [2.05, 4.69) is 35.5 Å². The second-order valence-corrected chi connectivity index (χ2v) is 6.71. The molecule has 2 heterocycles. The highest BCUT2D eigenvalue weighted by atomic mass is 16.1. The molecule has 106 valence electrons. The fourth-order valence-corrected chi connectivity index (χ4v) is 3.34. The van der Waals surface area contributed by atoms with Crippen molar-refractivity contribution in [1.29, 1.82) is 0 Å². The van der Waals surface area contributed by atoms with Gasteiger partial charge in [0, 0.05) is 23.4 Å². The first-order valence-electron chi connectivity index (χ1n) is 7.06. The number of fused-ring (bicyclic) bond motifs is 1. The highest BCUT2D eigenvalue weighted by Crippen LogP contribution is 2.38. The van der Waals surface area contributed by atoms with Crippen molar-refractivity contribution in [1.82, 2.24) is 14.8 Å². The quantitative estimate of drug-likeness (QED) is 0.865. The summed E-state index contributed by atoms with van der Waals surface area (Å²) in [7, 11) is 0. The topological polar surface area (TPSA) is 50.7 Å². The summed E-state index contributed by atoms with van der Waals surface area (Å²) in [6, 6.07) is 2.03. The summed E-state index contributed by atoms with van der Waals surface area (Å²) in [5, 5.41) is 7.32. The Labute approximate surface area is 119 Å². The Morgan fingerprint density at radius 1 is 1.25 bits per heavy atom. The summed E-state index contributed by atoms with van der Waals surface area (Å²) in [4.78, 5) is 12.4. The van der Waals surface area contributed by atoms with Crippen LogP contribution in [0.5, 0.6) is 0 Å². The minimum atomic E-state index is 0.0260. The van der Waals surface area contributed by atoms with Crippen LogP contribution in [-0.4, -0.2) is 20.5 Å². The molecule has 0 fully saturated rings. The van der Waals surface area contributed by atoms with Crippen LogP contribution in [0.25, 0.3) is 5.69 Å². The van der Waals surface area contributed by atoms with Crippen molar-refractivity contribution in [3.63, 3.8) is 0 Å². The van der Waals surface area contributed by atoms with Crippen molar-refractivity contribution in [2.45, 2.75) is 47.5 Å². The zero-order valence-electron chi connectivity index (χ0n) is 12.8. The van der Waals surface area contributed by atoms with Crippen LogP contribution in [0.2, 0.25) is 0 Å². The van der Waals surface area contributed by atoms with Gasteiger partial charge in [-0.2, -0.15) is 5.10 Å². The molecule has 1 aliphatic carbocycles. The molecule has 0 unspecified atom stereocenters. The second-order valence-electron chi connectivity index (χ2n) is 6.71. The van der Waals surface area contributed by atoms with Gasteiger partial charge < -0.3 is 4.57 Å². The number of aromatic amines is 1. The maximum atomic E-state index is 12.4. The van der Waals surface area contributed by atoms with Crippen LogP contribution in [0.3, 0.4) is 0 Å². The Balaban J connectivity index is 2.27. The minimum absolute atomic E-state index is 0.0260. The van der Waals surface area contributed by atoms with E-state index in [4.69, 9.17) is 0 Å². The number of aryl methyl sites for hydroxylation is 3. The van der Waals surface area contributed by atoms with Gasteiger partial charge in [0.1, 0.15) is 0 Å². The van der Waals surface area contributed by atoms with E-state index < -0.39 is 0 Å². The summed E-state index contributed by atoms with van der Waals surface area (Å²) in [5.41, 5.74) is 6.26. The number of carbonyl (C=O) groups excluding carboxylic acids is 1. The van der Waals surface area contributed by atoms with Crippen LogP contribution < -0.4 is 0 Å². The predicted octanol–water partition coefficient (Wildman–Crippen LogP) is 3.28. The van der Waals surface area contributed by atoms with Gasteiger partial charge in [-0.05, 0) is 38.7 Å². The lowest BCUT2D eigenvalue weighted by atomic mass is 9.76. The average Bonchev–Trinajstić information content (AvgIpc) is 2.79. The summed E-state index contributed by atoms with van der Waals surface area (Å²) >= 11 is 0. The molecule has 20 heavy (non-hydrogen) atoms. The van der Waals surface area contributed by atoms with Gasteiger partial charge in [-0.3, -0.25) is 9.89 Å². The standard InChI is InChI=1S/C16H21N3O/c1-9-6-12-13(7-16(4,5)8-14(12)20)19(9)15-10(2)17-18-11(15)3/h6H,7-8H2,1-5H3,(H,17,18). The van der Waals surface area contributed by atoms with Crippen molar-refractivity contribution < 1.29 is 4.79 Å². The molecular weight excluding hydrogens is 250 g/mol. The first-order valence-corrected chi connectivity index (χ1v) is 7.06. The number of aromatic nitrogens is 3. The lowest BCUT2D eigenvalue weighted by molar-refractivity contribution is 0.0911. The van der Waals surface area contributed by atoms with Crippen LogP contribution >= 0.6 is 0 Å². The molecule has 0 saturated heterocycles. The van der Waals surface area contributed by atoms with E-state index in [-0.39, 0.29) is 11.2 Å². The number of nitrogens with one attached hydrogen (secondary N) is 1. The Hall–Kier alpha value is -1.84. The molecule has 1 aliphatic rings. The Morgan fingerprint density at radius 3 is 2.55 bits per heavy atom. The van der Waals surface area contributed by atoms with Crippen molar-refractivity contribution in [2.24, 2.45) is 5.41 Å². The SMILES string of the molecule is Cc1n[nH]c(C)c1-n1c(C)cc2c1CC(C)(C)CC2=O. The van der Waals surface area contributed by atoms with Crippen molar-refractivity contribution in [3.05, 3.63) is 34.4 Å². The maximum Gasteiger partial charge on any atom is 0.165 e. The second kappa shape index (κ2) is 4.08. The lowest BCUT2D eigenvalue weighted by Crippen LogP contribution is -2.28. The van der Waals surface area contributed by atoms with Gasteiger partial charge in [0.05, 0.1) is 17.1 Å². The monoisotopic (exact) mass is 271 g/mol. The number of H-pyrrole nitrogens is 1. The molecule has 0 amide bonds. The largest absolute Gasteiger partial charge is 0.314 e. The molecule has 0 spiro atoms. The number of nitrogens with zero attached hydrogens (tertiary/aromatic N) is 2. The molecule has 0 atom stereocenters. The van der Waals surface area contributed by atoms with Crippen molar-refractivity contribution in [3.8, 4) is 5.69 Å².